The maximum Gasteiger partial charge on any atom is 0.273 e. The zero-order valence-corrected chi connectivity index (χ0v) is 10.2. The smallest absolute Gasteiger partial charge is 0.273 e. The number of hydrogen-bond acceptors (Lipinski definition) is 4. The van der Waals surface area contributed by atoms with E-state index in [1.54, 1.807) is 30.3 Å². The predicted octanol–water partition coefficient (Wildman–Crippen LogP) is 2.59. The number of nitro groups is 1. The van der Waals surface area contributed by atoms with Crippen LogP contribution in [0, 0.1) is 10.1 Å². The lowest BCUT2D eigenvalue weighted by Gasteiger charge is -2.07. The Morgan fingerprint density at radius 1 is 1.00 bits per heavy atom. The van der Waals surface area contributed by atoms with Crippen LogP contribution >= 0.6 is 0 Å². The van der Waals surface area contributed by atoms with Gasteiger partial charge in [0.2, 0.25) is 0 Å². The topological polar surface area (TPSA) is 75.4 Å². The van der Waals surface area contributed by atoms with Crippen molar-refractivity contribution in [3.05, 3.63) is 69.8 Å². The average Bonchev–Trinajstić information content (AvgIpc) is 2.41. The number of phenolic OH excluding ortho intramolecular Hbond substituents is 1. The highest BCUT2D eigenvalue weighted by Gasteiger charge is 2.11. The third kappa shape index (κ3) is 3.29. The lowest BCUT2D eigenvalue weighted by atomic mass is 10.1. The molecule has 2 aromatic rings. The van der Waals surface area contributed by atoms with E-state index >= 15 is 0 Å². The van der Waals surface area contributed by atoms with Crippen LogP contribution in [-0.4, -0.2) is 10.0 Å². The number of nitrogens with one attached hydrogen (secondary N) is 1. The van der Waals surface area contributed by atoms with Gasteiger partial charge in [-0.1, -0.05) is 36.4 Å². The van der Waals surface area contributed by atoms with Gasteiger partial charge in [-0.05, 0) is 6.07 Å². The molecule has 0 aliphatic heterocycles. The van der Waals surface area contributed by atoms with Gasteiger partial charge in [0.15, 0.2) is 0 Å². The molecular formula is C14H14N2O3. The number of nitro benzene ring substituents is 1. The van der Waals surface area contributed by atoms with E-state index in [-0.39, 0.29) is 11.4 Å². The summed E-state index contributed by atoms with van der Waals surface area (Å²) in [5, 5.41) is 23.5. The lowest BCUT2D eigenvalue weighted by molar-refractivity contribution is -0.385. The Labute approximate surface area is 110 Å². The molecule has 0 aliphatic carbocycles. The molecule has 0 aliphatic rings. The van der Waals surface area contributed by atoms with Crippen molar-refractivity contribution in [1.29, 1.82) is 0 Å². The summed E-state index contributed by atoms with van der Waals surface area (Å²) >= 11 is 0. The SMILES string of the molecule is O=[N+]([O-])c1ccccc1CNCc1ccccc1O. The fourth-order valence-corrected chi connectivity index (χ4v) is 1.83. The van der Waals surface area contributed by atoms with Gasteiger partial charge in [-0.25, -0.2) is 0 Å². The molecule has 0 spiro atoms. The maximum atomic E-state index is 10.8. The van der Waals surface area contributed by atoms with Crippen LogP contribution in [-0.2, 0) is 13.1 Å². The van der Waals surface area contributed by atoms with Crippen LogP contribution < -0.4 is 5.32 Å². The average molecular weight is 258 g/mol. The van der Waals surface area contributed by atoms with Gasteiger partial charge in [0.25, 0.3) is 5.69 Å². The Morgan fingerprint density at radius 2 is 1.58 bits per heavy atom. The first-order valence-electron chi connectivity index (χ1n) is 5.88. The minimum atomic E-state index is -0.392. The zero-order valence-electron chi connectivity index (χ0n) is 10.2. The molecule has 0 radical (unpaired) electrons. The summed E-state index contributed by atoms with van der Waals surface area (Å²) < 4.78 is 0. The molecule has 0 saturated heterocycles. The van der Waals surface area contributed by atoms with Crippen molar-refractivity contribution in [2.75, 3.05) is 0 Å². The molecule has 5 heteroatoms. The summed E-state index contributed by atoms with van der Waals surface area (Å²) in [6, 6.07) is 13.6. The van der Waals surface area contributed by atoms with Crippen LogP contribution in [0.25, 0.3) is 0 Å². The summed E-state index contributed by atoms with van der Waals surface area (Å²) in [7, 11) is 0. The van der Waals surface area contributed by atoms with Crippen LogP contribution in [0.4, 0.5) is 5.69 Å². The van der Waals surface area contributed by atoms with Gasteiger partial charge in [0.1, 0.15) is 5.75 Å². The summed E-state index contributed by atoms with van der Waals surface area (Å²) in [6.45, 7) is 0.838. The van der Waals surface area contributed by atoms with E-state index in [0.29, 0.717) is 18.7 Å². The monoisotopic (exact) mass is 258 g/mol. The first kappa shape index (κ1) is 13.0. The van der Waals surface area contributed by atoms with Crippen molar-refractivity contribution in [2.24, 2.45) is 0 Å². The van der Waals surface area contributed by atoms with E-state index in [2.05, 4.69) is 5.32 Å². The molecule has 98 valence electrons. The van der Waals surface area contributed by atoms with Gasteiger partial charge in [0, 0.05) is 30.3 Å². The summed E-state index contributed by atoms with van der Waals surface area (Å²) in [6.07, 6.45) is 0. The minimum absolute atomic E-state index is 0.104. The highest BCUT2D eigenvalue weighted by atomic mass is 16.6. The molecule has 2 N–H and O–H groups in total. The second kappa shape index (κ2) is 5.97. The van der Waals surface area contributed by atoms with Crippen LogP contribution in [0.2, 0.25) is 0 Å². The molecule has 0 bridgehead atoms. The van der Waals surface area contributed by atoms with E-state index < -0.39 is 4.92 Å². The van der Waals surface area contributed by atoms with Gasteiger partial charge in [-0.2, -0.15) is 0 Å². The Hall–Kier alpha value is -2.40. The van der Waals surface area contributed by atoms with E-state index in [1.807, 2.05) is 12.1 Å². The van der Waals surface area contributed by atoms with Crippen molar-refractivity contribution >= 4 is 5.69 Å². The Kier molecular flexibility index (Phi) is 4.10. The molecule has 0 unspecified atom stereocenters. The molecule has 0 atom stereocenters. The maximum absolute atomic E-state index is 10.8. The van der Waals surface area contributed by atoms with Crippen LogP contribution in [0.5, 0.6) is 5.75 Å². The Morgan fingerprint density at radius 3 is 2.26 bits per heavy atom. The third-order valence-corrected chi connectivity index (χ3v) is 2.81. The summed E-state index contributed by atoms with van der Waals surface area (Å²) in [5.41, 5.74) is 1.50. The summed E-state index contributed by atoms with van der Waals surface area (Å²) in [5.74, 6) is 0.220. The Balaban J connectivity index is 2.00. The molecule has 5 nitrogen and oxygen atoms in total. The second-order valence-corrected chi connectivity index (χ2v) is 4.12. The van der Waals surface area contributed by atoms with Gasteiger partial charge in [-0.3, -0.25) is 10.1 Å². The van der Waals surface area contributed by atoms with Crippen LogP contribution in [0.3, 0.4) is 0 Å². The molecule has 19 heavy (non-hydrogen) atoms. The van der Waals surface area contributed by atoms with E-state index in [4.69, 9.17) is 0 Å². The van der Waals surface area contributed by atoms with Gasteiger partial charge in [0.05, 0.1) is 4.92 Å². The molecule has 0 saturated carbocycles. The highest BCUT2D eigenvalue weighted by molar-refractivity contribution is 5.39. The number of benzene rings is 2. The molecule has 2 rings (SSSR count). The molecule has 0 fully saturated rings. The predicted molar refractivity (Wildman–Crippen MR) is 71.7 cm³/mol. The zero-order chi connectivity index (χ0) is 13.7. The molecule has 0 heterocycles. The summed E-state index contributed by atoms with van der Waals surface area (Å²) in [4.78, 5) is 10.5. The van der Waals surface area contributed by atoms with Gasteiger partial charge >= 0.3 is 0 Å². The van der Waals surface area contributed by atoms with Crippen LogP contribution in [0.1, 0.15) is 11.1 Å². The van der Waals surface area contributed by atoms with Crippen LogP contribution in [0.15, 0.2) is 48.5 Å². The van der Waals surface area contributed by atoms with E-state index in [1.165, 1.54) is 6.07 Å². The minimum Gasteiger partial charge on any atom is -0.508 e. The number of para-hydroxylation sites is 2. The number of phenols is 1. The van der Waals surface area contributed by atoms with Crippen molar-refractivity contribution in [3.8, 4) is 5.75 Å². The van der Waals surface area contributed by atoms with Crippen molar-refractivity contribution in [2.45, 2.75) is 13.1 Å². The lowest BCUT2D eigenvalue weighted by Crippen LogP contribution is -2.13. The van der Waals surface area contributed by atoms with E-state index in [0.717, 1.165) is 5.56 Å². The first-order chi connectivity index (χ1) is 9.18. The number of rotatable bonds is 5. The molecule has 0 aromatic heterocycles. The highest BCUT2D eigenvalue weighted by Crippen LogP contribution is 2.18. The standard InChI is InChI=1S/C14H14N2O3/c17-14-8-4-2-6-12(14)10-15-9-11-5-1-3-7-13(11)16(18)19/h1-8,15,17H,9-10H2. The quantitative estimate of drug-likeness (QED) is 0.638. The third-order valence-electron chi connectivity index (χ3n) is 2.81. The van der Waals surface area contributed by atoms with Crippen molar-refractivity contribution in [1.82, 2.24) is 5.32 Å². The van der Waals surface area contributed by atoms with Gasteiger partial charge < -0.3 is 10.4 Å². The Bertz CT molecular complexity index is 584. The molecule has 2 aromatic carbocycles. The van der Waals surface area contributed by atoms with Gasteiger partial charge in [-0.15, -0.1) is 0 Å². The fourth-order valence-electron chi connectivity index (χ4n) is 1.83. The normalized spacial score (nSPS) is 10.3. The fraction of sp³-hybridized carbons (Fsp3) is 0.143. The number of hydrogen-bond donors (Lipinski definition) is 2. The molecule has 0 amide bonds. The number of aromatic hydroxyl groups is 1. The van der Waals surface area contributed by atoms with Crippen molar-refractivity contribution < 1.29 is 10.0 Å². The second-order valence-electron chi connectivity index (χ2n) is 4.12. The molecular weight excluding hydrogens is 244 g/mol. The van der Waals surface area contributed by atoms with Crippen molar-refractivity contribution in [3.63, 3.8) is 0 Å². The first-order valence-corrected chi connectivity index (χ1v) is 5.88. The largest absolute Gasteiger partial charge is 0.508 e. The van der Waals surface area contributed by atoms with E-state index in [9.17, 15) is 15.2 Å². The number of nitrogens with zero attached hydrogens (tertiary/aromatic N) is 1.